The summed E-state index contributed by atoms with van der Waals surface area (Å²) in [5, 5.41) is 3.33. The number of aromatic nitrogens is 2. The van der Waals surface area contributed by atoms with Gasteiger partial charge in [0.2, 0.25) is 5.82 Å². The van der Waals surface area contributed by atoms with Gasteiger partial charge < -0.3 is 15.2 Å². The summed E-state index contributed by atoms with van der Waals surface area (Å²) in [4.78, 5) is 17.9. The Labute approximate surface area is 148 Å². The minimum Gasteiger partial charge on any atom is -0.334 e. The van der Waals surface area contributed by atoms with Gasteiger partial charge in [-0.15, -0.1) is 0 Å². The summed E-state index contributed by atoms with van der Waals surface area (Å²) < 4.78 is 41.8. The van der Waals surface area contributed by atoms with Crippen LogP contribution in [-0.2, 0) is 6.18 Å². The van der Waals surface area contributed by atoms with Crippen LogP contribution in [0.15, 0.2) is 28.8 Å². The first-order chi connectivity index (χ1) is 12.3. The monoisotopic (exact) mass is 368 g/mol. The molecule has 1 aliphatic rings. The molecule has 140 valence electrons. The summed E-state index contributed by atoms with van der Waals surface area (Å²) in [5.74, 6) is -1.72. The first kappa shape index (κ1) is 18.4. The van der Waals surface area contributed by atoms with E-state index in [0.29, 0.717) is 17.7 Å². The molecule has 1 amide bonds. The van der Waals surface area contributed by atoms with Crippen LogP contribution in [0.25, 0.3) is 11.4 Å². The highest BCUT2D eigenvalue weighted by molar-refractivity contribution is 5.95. The van der Waals surface area contributed by atoms with E-state index in [2.05, 4.69) is 14.7 Å². The maximum atomic E-state index is 12.8. The molecule has 0 bridgehead atoms. The Hall–Kier alpha value is -2.42. The zero-order valence-corrected chi connectivity index (χ0v) is 14.2. The van der Waals surface area contributed by atoms with Gasteiger partial charge in [0.05, 0.1) is 0 Å². The molecule has 0 unspecified atom stereocenters. The lowest BCUT2D eigenvalue weighted by atomic mass is 9.96. The molecule has 1 aromatic heterocycles. The molecule has 0 aliphatic carbocycles. The topological polar surface area (TPSA) is 85.2 Å². The molecule has 2 heterocycles. The third-order valence-electron chi connectivity index (χ3n) is 4.48. The number of carbonyl (C=O) groups excluding carboxylic acids is 1. The molecule has 1 aromatic carbocycles. The van der Waals surface area contributed by atoms with E-state index in [-0.39, 0.29) is 23.8 Å². The van der Waals surface area contributed by atoms with Crippen LogP contribution in [0.1, 0.15) is 42.4 Å². The van der Waals surface area contributed by atoms with Crippen LogP contribution in [-0.4, -0.2) is 39.6 Å². The molecule has 1 fully saturated rings. The fourth-order valence-corrected chi connectivity index (χ4v) is 3.14. The third kappa shape index (κ3) is 3.72. The van der Waals surface area contributed by atoms with Gasteiger partial charge in [0, 0.05) is 29.8 Å². The van der Waals surface area contributed by atoms with Gasteiger partial charge >= 0.3 is 12.1 Å². The quantitative estimate of drug-likeness (QED) is 0.900. The van der Waals surface area contributed by atoms with E-state index in [1.165, 1.54) is 12.1 Å². The van der Waals surface area contributed by atoms with Crippen LogP contribution in [0, 0.1) is 0 Å². The van der Waals surface area contributed by atoms with E-state index in [1.807, 2.05) is 6.92 Å². The highest BCUT2D eigenvalue weighted by Gasteiger charge is 2.38. The molecule has 0 spiro atoms. The maximum Gasteiger partial charge on any atom is 0.471 e. The Bertz CT molecular complexity index is 771. The van der Waals surface area contributed by atoms with Crippen molar-refractivity contribution < 1.29 is 22.5 Å². The third-order valence-corrected chi connectivity index (χ3v) is 4.48. The van der Waals surface area contributed by atoms with Crippen LogP contribution >= 0.6 is 0 Å². The average molecular weight is 368 g/mol. The Morgan fingerprint density at radius 1 is 1.31 bits per heavy atom. The molecular formula is C17H19F3N4O2. The number of benzene rings is 1. The minimum absolute atomic E-state index is 0.0116. The molecule has 26 heavy (non-hydrogen) atoms. The van der Waals surface area contributed by atoms with Crippen molar-refractivity contribution in [3.05, 3.63) is 35.7 Å². The summed E-state index contributed by atoms with van der Waals surface area (Å²) in [6.45, 7) is 2.53. The largest absolute Gasteiger partial charge is 0.471 e. The molecule has 1 aliphatic heterocycles. The lowest BCUT2D eigenvalue weighted by Gasteiger charge is -2.38. The fourth-order valence-electron chi connectivity index (χ4n) is 3.14. The molecule has 9 heteroatoms. The highest BCUT2D eigenvalue weighted by atomic mass is 19.4. The second kappa shape index (κ2) is 7.06. The summed E-state index contributed by atoms with van der Waals surface area (Å²) in [5.41, 5.74) is 6.78. The average Bonchev–Trinajstić information content (AvgIpc) is 3.12. The Balaban J connectivity index is 1.78. The Kier molecular flexibility index (Phi) is 4.99. The molecule has 2 aromatic rings. The Morgan fingerprint density at radius 3 is 2.58 bits per heavy atom. The van der Waals surface area contributed by atoms with Crippen molar-refractivity contribution in [2.24, 2.45) is 5.73 Å². The van der Waals surface area contributed by atoms with Crippen molar-refractivity contribution in [3.8, 4) is 11.4 Å². The number of hydrogen-bond acceptors (Lipinski definition) is 5. The van der Waals surface area contributed by atoms with Gasteiger partial charge in [-0.2, -0.15) is 18.2 Å². The van der Waals surface area contributed by atoms with E-state index in [0.717, 1.165) is 19.3 Å². The lowest BCUT2D eigenvalue weighted by Crippen LogP contribution is -2.51. The van der Waals surface area contributed by atoms with Gasteiger partial charge in [0.1, 0.15) is 0 Å². The SMILES string of the molecule is C[C@@H](N)[C@H]1CCCCN1C(=O)c1ccc(-c2noc(C(F)(F)F)n2)cc1. The predicted molar refractivity (Wildman–Crippen MR) is 87.1 cm³/mol. The van der Waals surface area contributed by atoms with Crippen molar-refractivity contribution >= 4 is 5.91 Å². The number of piperidine rings is 1. The van der Waals surface area contributed by atoms with Crippen LogP contribution in [0.2, 0.25) is 0 Å². The van der Waals surface area contributed by atoms with Crippen molar-refractivity contribution in [2.45, 2.75) is 44.4 Å². The van der Waals surface area contributed by atoms with E-state index >= 15 is 0 Å². The van der Waals surface area contributed by atoms with Gasteiger partial charge in [-0.25, -0.2) is 0 Å². The van der Waals surface area contributed by atoms with Crippen LogP contribution < -0.4 is 5.73 Å². The number of nitrogens with zero attached hydrogens (tertiary/aromatic N) is 3. The number of halogens is 3. The molecule has 2 N–H and O–H groups in total. The van der Waals surface area contributed by atoms with E-state index in [1.54, 1.807) is 17.0 Å². The minimum atomic E-state index is -4.69. The number of alkyl halides is 3. The fraction of sp³-hybridized carbons (Fsp3) is 0.471. The van der Waals surface area contributed by atoms with Gasteiger partial charge in [-0.05, 0) is 38.3 Å². The second-order valence-corrected chi connectivity index (χ2v) is 6.42. The van der Waals surface area contributed by atoms with Gasteiger partial charge in [-0.3, -0.25) is 4.79 Å². The lowest BCUT2D eigenvalue weighted by molar-refractivity contribution is -0.159. The standard InChI is InChI=1S/C17H19F3N4O2/c1-10(21)13-4-2-3-9-24(13)15(25)12-7-5-11(6-8-12)14-22-16(26-23-14)17(18,19)20/h5-8,10,13H,2-4,9,21H2,1H3/t10-,13-/m1/s1. The summed E-state index contributed by atoms with van der Waals surface area (Å²) in [7, 11) is 0. The number of hydrogen-bond donors (Lipinski definition) is 1. The van der Waals surface area contributed by atoms with Crippen molar-refractivity contribution in [1.82, 2.24) is 15.0 Å². The maximum absolute atomic E-state index is 12.8. The molecule has 0 radical (unpaired) electrons. The number of nitrogens with two attached hydrogens (primary N) is 1. The van der Waals surface area contributed by atoms with Gasteiger partial charge in [0.25, 0.3) is 5.91 Å². The van der Waals surface area contributed by atoms with E-state index < -0.39 is 12.1 Å². The van der Waals surface area contributed by atoms with Crippen LogP contribution in [0.3, 0.4) is 0 Å². The van der Waals surface area contributed by atoms with Gasteiger partial charge in [-0.1, -0.05) is 17.3 Å². The van der Waals surface area contributed by atoms with Gasteiger partial charge in [0.15, 0.2) is 0 Å². The summed E-state index contributed by atoms with van der Waals surface area (Å²) in [6, 6.07) is 5.97. The van der Waals surface area contributed by atoms with E-state index in [4.69, 9.17) is 5.73 Å². The molecule has 3 rings (SSSR count). The van der Waals surface area contributed by atoms with E-state index in [9.17, 15) is 18.0 Å². The van der Waals surface area contributed by atoms with Crippen molar-refractivity contribution in [1.29, 1.82) is 0 Å². The van der Waals surface area contributed by atoms with Crippen molar-refractivity contribution in [2.75, 3.05) is 6.54 Å². The summed E-state index contributed by atoms with van der Waals surface area (Å²) >= 11 is 0. The number of amides is 1. The van der Waals surface area contributed by atoms with Crippen LogP contribution in [0.5, 0.6) is 0 Å². The Morgan fingerprint density at radius 2 is 2.00 bits per heavy atom. The molecule has 2 atom stereocenters. The summed E-state index contributed by atoms with van der Waals surface area (Å²) in [6.07, 6.45) is -1.86. The molecule has 1 saturated heterocycles. The van der Waals surface area contributed by atoms with Crippen LogP contribution in [0.4, 0.5) is 13.2 Å². The number of likely N-dealkylation sites (tertiary alicyclic amines) is 1. The zero-order valence-electron chi connectivity index (χ0n) is 14.2. The normalized spacial score (nSPS) is 19.4. The number of rotatable bonds is 3. The molecule has 6 nitrogen and oxygen atoms in total. The predicted octanol–water partition coefficient (Wildman–Crippen LogP) is 3.10. The molecule has 0 saturated carbocycles. The molecular weight excluding hydrogens is 349 g/mol. The second-order valence-electron chi connectivity index (χ2n) is 6.42. The first-order valence-corrected chi connectivity index (χ1v) is 8.35. The zero-order chi connectivity index (χ0) is 18.9. The first-order valence-electron chi connectivity index (χ1n) is 8.35. The number of carbonyl (C=O) groups is 1. The van der Waals surface area contributed by atoms with Crippen molar-refractivity contribution in [3.63, 3.8) is 0 Å². The highest BCUT2D eigenvalue weighted by Crippen LogP contribution is 2.29. The smallest absolute Gasteiger partial charge is 0.334 e.